The Morgan fingerprint density at radius 3 is 1.71 bits per heavy atom. The smallest absolute Gasteiger partial charge is 0.387 e. The molecule has 1 fully saturated rings. The molecule has 14 heteroatoms. The zero-order chi connectivity index (χ0) is 18.8. The van der Waals surface area contributed by atoms with E-state index in [0.717, 1.165) is 0 Å². The lowest BCUT2D eigenvalue weighted by atomic mass is 9.99. The third-order valence-electron chi connectivity index (χ3n) is 2.84. The fourth-order valence-electron chi connectivity index (χ4n) is 1.43. The average Bonchev–Trinajstić information content (AvgIpc) is 2.54. The van der Waals surface area contributed by atoms with Crippen molar-refractivity contribution in [3.63, 3.8) is 0 Å². The number of hydrogen-bond acceptors (Lipinski definition) is 13. The number of rotatable bonds is 1. The molecule has 24 heavy (non-hydrogen) atoms. The van der Waals surface area contributed by atoms with E-state index in [0.29, 0.717) is 0 Å². The highest BCUT2D eigenvalue weighted by Crippen LogP contribution is 2.21. The Kier molecular flexibility index (Phi) is 5.77. The second-order valence-corrected chi connectivity index (χ2v) is 4.50. The number of aliphatic hydroxyl groups is 6. The molecule has 0 aliphatic carbocycles. The van der Waals surface area contributed by atoms with Gasteiger partial charge in [0, 0.05) is 0 Å². The molecule has 136 valence electrons. The van der Waals surface area contributed by atoms with E-state index in [1.165, 1.54) is 0 Å². The molecule has 1 rings (SSSR count). The Hall–Kier alpha value is -2.36. The van der Waals surface area contributed by atoms with Gasteiger partial charge >= 0.3 is 29.7 Å². The summed E-state index contributed by atoms with van der Waals surface area (Å²) in [7, 11) is 0. The molecule has 0 aromatic carbocycles. The fraction of sp³-hybridized carbons (Fsp3) is 0.600. The number of esters is 1. The van der Waals surface area contributed by atoms with Gasteiger partial charge in [0.25, 0.3) is 0 Å². The predicted molar refractivity (Wildman–Crippen MR) is 60.9 cm³/mol. The van der Waals surface area contributed by atoms with Gasteiger partial charge in [-0.05, 0) is 0 Å². The minimum Gasteiger partial charge on any atom is -0.476 e. The molecule has 6 atom stereocenters. The van der Waals surface area contributed by atoms with Gasteiger partial charge in [-0.15, -0.1) is 0 Å². The first-order chi connectivity index (χ1) is 10.9. The van der Waals surface area contributed by atoms with E-state index in [2.05, 4.69) is 14.5 Å². The van der Waals surface area contributed by atoms with Crippen molar-refractivity contribution in [1.82, 2.24) is 0 Å². The Morgan fingerprint density at radius 1 is 0.833 bits per heavy atom. The minimum absolute atomic E-state index is 1.94. The van der Waals surface area contributed by atoms with Crippen molar-refractivity contribution in [2.75, 3.05) is 0 Å². The molecular weight excluding hydrogens is 344 g/mol. The molecule has 0 aromatic heterocycles. The Bertz CT molecular complexity index is 544. The van der Waals surface area contributed by atoms with Gasteiger partial charge in [-0.1, -0.05) is 0 Å². The van der Waals surface area contributed by atoms with E-state index in [9.17, 15) is 49.8 Å². The molecular formula is C10H12O14. The summed E-state index contributed by atoms with van der Waals surface area (Å²) >= 11 is 0. The lowest BCUT2D eigenvalue weighted by Crippen LogP contribution is -2.62. The van der Waals surface area contributed by atoms with Gasteiger partial charge in [-0.25, -0.2) is 29.0 Å². The lowest BCUT2D eigenvalue weighted by molar-refractivity contribution is -0.291. The molecule has 0 spiro atoms. The van der Waals surface area contributed by atoms with Gasteiger partial charge in [0.1, 0.15) is 6.10 Å². The topological polar surface area (TPSA) is 238 Å². The SMILES string of the molecule is O=C1OOC(=O)C(O)C(O)C(O)C(O)(C(=O)O)OC(=O)C(O)C1O. The summed E-state index contributed by atoms with van der Waals surface area (Å²) in [6.45, 7) is 0. The van der Waals surface area contributed by atoms with E-state index in [4.69, 9.17) is 5.11 Å². The van der Waals surface area contributed by atoms with Crippen molar-refractivity contribution in [1.29, 1.82) is 0 Å². The predicted octanol–water partition coefficient (Wildman–Crippen LogP) is -5.88. The highest BCUT2D eigenvalue weighted by molar-refractivity contribution is 5.88. The number of hydrogen-bond donors (Lipinski definition) is 7. The van der Waals surface area contributed by atoms with Crippen molar-refractivity contribution in [2.45, 2.75) is 36.3 Å². The van der Waals surface area contributed by atoms with Gasteiger partial charge in [-0.3, -0.25) is 0 Å². The summed E-state index contributed by atoms with van der Waals surface area (Å²) in [5, 5.41) is 65.5. The Labute approximate surface area is 130 Å². The van der Waals surface area contributed by atoms with Crippen molar-refractivity contribution in [2.24, 2.45) is 0 Å². The third kappa shape index (κ3) is 3.58. The Morgan fingerprint density at radius 2 is 1.25 bits per heavy atom. The van der Waals surface area contributed by atoms with Crippen LogP contribution in [0.5, 0.6) is 0 Å². The van der Waals surface area contributed by atoms with Gasteiger partial charge in [0.15, 0.2) is 24.4 Å². The first-order valence-electron chi connectivity index (χ1n) is 5.94. The normalized spacial score (nSPS) is 38.9. The number of aliphatic hydroxyl groups excluding tert-OH is 5. The average molecular weight is 356 g/mol. The van der Waals surface area contributed by atoms with E-state index < -0.39 is 60.2 Å². The maximum atomic E-state index is 11.5. The van der Waals surface area contributed by atoms with Gasteiger partial charge in [0.2, 0.25) is 0 Å². The zero-order valence-corrected chi connectivity index (χ0v) is 11.4. The first kappa shape index (κ1) is 19.7. The summed E-state index contributed by atoms with van der Waals surface area (Å²) in [6, 6.07) is 0. The third-order valence-corrected chi connectivity index (χ3v) is 2.84. The first-order valence-corrected chi connectivity index (χ1v) is 5.94. The maximum Gasteiger partial charge on any atom is 0.387 e. The monoisotopic (exact) mass is 356 g/mol. The van der Waals surface area contributed by atoms with Crippen molar-refractivity contribution < 1.29 is 69.4 Å². The lowest BCUT2D eigenvalue weighted by Gasteiger charge is -2.33. The van der Waals surface area contributed by atoms with E-state index in [1.54, 1.807) is 0 Å². The van der Waals surface area contributed by atoms with Gasteiger partial charge in [-0.2, -0.15) is 0 Å². The summed E-state index contributed by atoms with van der Waals surface area (Å²) in [5.41, 5.74) is 0. The van der Waals surface area contributed by atoms with Crippen LogP contribution in [0.25, 0.3) is 0 Å². The van der Waals surface area contributed by atoms with Crippen molar-refractivity contribution in [3.8, 4) is 0 Å². The Balaban J connectivity index is 3.31. The molecule has 6 unspecified atom stereocenters. The molecule has 1 aliphatic heterocycles. The van der Waals surface area contributed by atoms with Crippen LogP contribution in [0.3, 0.4) is 0 Å². The second-order valence-electron chi connectivity index (χ2n) is 4.50. The summed E-state index contributed by atoms with van der Waals surface area (Å²) in [5.74, 6) is -12.5. The summed E-state index contributed by atoms with van der Waals surface area (Å²) in [4.78, 5) is 52.3. The number of carbonyl (C=O) groups is 4. The van der Waals surface area contributed by atoms with Crippen LogP contribution in [0, 0.1) is 0 Å². The molecule has 1 saturated heterocycles. The molecule has 0 radical (unpaired) electrons. The number of aliphatic carboxylic acids is 1. The molecule has 14 nitrogen and oxygen atoms in total. The zero-order valence-electron chi connectivity index (χ0n) is 11.4. The summed E-state index contributed by atoms with van der Waals surface area (Å²) < 4.78 is 3.90. The van der Waals surface area contributed by atoms with E-state index in [1.807, 2.05) is 0 Å². The van der Waals surface area contributed by atoms with Crippen molar-refractivity contribution in [3.05, 3.63) is 0 Å². The number of carbonyl (C=O) groups excluding carboxylic acids is 3. The van der Waals surface area contributed by atoms with Gasteiger partial charge in [0.05, 0.1) is 0 Å². The van der Waals surface area contributed by atoms with E-state index >= 15 is 0 Å². The van der Waals surface area contributed by atoms with Crippen LogP contribution in [0.15, 0.2) is 0 Å². The molecule has 0 saturated carbocycles. The minimum atomic E-state index is -3.97. The molecule has 7 N–H and O–H groups in total. The van der Waals surface area contributed by atoms with Crippen LogP contribution in [0.1, 0.15) is 0 Å². The second kappa shape index (κ2) is 7.04. The van der Waals surface area contributed by atoms with Crippen LogP contribution in [-0.2, 0) is 33.7 Å². The summed E-state index contributed by atoms with van der Waals surface area (Å²) in [6.07, 6.45) is -14.2. The maximum absolute atomic E-state index is 11.5. The number of cyclic esters (lactones) is 1. The molecule has 1 aliphatic rings. The molecule has 0 aromatic rings. The van der Waals surface area contributed by atoms with Crippen LogP contribution >= 0.6 is 0 Å². The number of carboxylic acids is 1. The van der Waals surface area contributed by atoms with Crippen molar-refractivity contribution >= 4 is 23.9 Å². The van der Waals surface area contributed by atoms with Crippen LogP contribution in [-0.4, -0.2) is 95.9 Å². The highest BCUT2D eigenvalue weighted by Gasteiger charge is 2.55. The standard InChI is InChI=1S/C10H12O14/c11-1-2(12)7(17)23-24-8(18)4(14)3(13)6(16)22-10(21,5(1)15)9(19)20/h1-5,11-15,21H,(H,19,20). The molecule has 0 bridgehead atoms. The quantitative estimate of drug-likeness (QED) is 0.171. The highest BCUT2D eigenvalue weighted by atomic mass is 17.2. The molecule has 1 heterocycles. The van der Waals surface area contributed by atoms with Crippen LogP contribution in [0.2, 0.25) is 0 Å². The fourth-order valence-corrected chi connectivity index (χ4v) is 1.43. The van der Waals surface area contributed by atoms with Crippen LogP contribution in [0.4, 0.5) is 0 Å². The molecule has 0 amide bonds. The van der Waals surface area contributed by atoms with Gasteiger partial charge < -0.3 is 40.5 Å². The number of ether oxygens (including phenoxy) is 1. The van der Waals surface area contributed by atoms with E-state index in [-0.39, 0.29) is 0 Å². The number of carboxylic acid groups (broad SMARTS) is 1. The van der Waals surface area contributed by atoms with Crippen LogP contribution < -0.4 is 0 Å². The largest absolute Gasteiger partial charge is 0.476 e.